The summed E-state index contributed by atoms with van der Waals surface area (Å²) in [7, 11) is -3.25. The third-order valence-corrected chi connectivity index (χ3v) is 7.14. The minimum Gasteiger partial charge on any atom is -0.298 e. The van der Waals surface area contributed by atoms with Crippen LogP contribution in [0.4, 0.5) is 5.69 Å². The van der Waals surface area contributed by atoms with E-state index < -0.39 is 10.0 Å². The van der Waals surface area contributed by atoms with Crippen LogP contribution in [0, 0.1) is 11.8 Å². The fourth-order valence-corrected chi connectivity index (χ4v) is 5.71. The first-order chi connectivity index (χ1) is 12.4. The molecule has 1 aromatic heterocycles. The summed E-state index contributed by atoms with van der Waals surface area (Å²) in [4.78, 5) is 2.50. The molecule has 26 heavy (non-hydrogen) atoms. The summed E-state index contributed by atoms with van der Waals surface area (Å²) in [6.45, 7) is 5.43. The molecule has 2 heterocycles. The van der Waals surface area contributed by atoms with Gasteiger partial charge in [0, 0.05) is 30.7 Å². The molecule has 0 spiro atoms. The minimum atomic E-state index is -3.25. The molecule has 0 bridgehead atoms. The monoisotopic (exact) mass is 388 g/mol. The molecule has 1 N–H and O–H groups in total. The van der Waals surface area contributed by atoms with Gasteiger partial charge in [0.15, 0.2) is 0 Å². The highest BCUT2D eigenvalue weighted by Crippen LogP contribution is 2.64. The number of rotatable bonds is 6. The van der Waals surface area contributed by atoms with E-state index in [4.69, 9.17) is 0 Å². The molecule has 0 radical (unpaired) electrons. The van der Waals surface area contributed by atoms with Crippen LogP contribution in [0.15, 0.2) is 47.2 Å². The van der Waals surface area contributed by atoms with Crippen LogP contribution < -0.4 is 4.72 Å². The number of fused-ring (bicyclic) bond motifs is 1. The molecular formula is C20H24N2O2S2. The summed E-state index contributed by atoms with van der Waals surface area (Å²) in [6.07, 6.45) is 5.62. The maximum Gasteiger partial charge on any atom is 0.229 e. The van der Waals surface area contributed by atoms with Gasteiger partial charge in [-0.3, -0.25) is 9.62 Å². The van der Waals surface area contributed by atoms with Gasteiger partial charge < -0.3 is 0 Å². The summed E-state index contributed by atoms with van der Waals surface area (Å²) in [5.41, 5.74) is 3.36. The molecule has 2 aliphatic rings. The number of hydrogen-bond acceptors (Lipinski definition) is 4. The normalized spacial score (nSPS) is 28.4. The Morgan fingerprint density at radius 2 is 2.23 bits per heavy atom. The molecule has 1 aliphatic carbocycles. The lowest BCUT2D eigenvalue weighted by molar-refractivity contribution is 0.309. The summed E-state index contributed by atoms with van der Waals surface area (Å²) in [6, 6.07) is 10.1. The van der Waals surface area contributed by atoms with Crippen molar-refractivity contribution < 1.29 is 8.42 Å². The van der Waals surface area contributed by atoms with Gasteiger partial charge in [-0.25, -0.2) is 8.42 Å². The van der Waals surface area contributed by atoms with Gasteiger partial charge >= 0.3 is 0 Å². The van der Waals surface area contributed by atoms with Gasteiger partial charge in [0.25, 0.3) is 0 Å². The zero-order valence-corrected chi connectivity index (χ0v) is 16.7. The van der Waals surface area contributed by atoms with Gasteiger partial charge in [0.1, 0.15) is 0 Å². The maximum atomic E-state index is 11.5. The zero-order chi connectivity index (χ0) is 18.4. The number of sulfonamides is 1. The predicted octanol–water partition coefficient (Wildman–Crippen LogP) is 3.65. The van der Waals surface area contributed by atoms with E-state index in [-0.39, 0.29) is 5.41 Å². The molecule has 0 amide bonds. The largest absolute Gasteiger partial charge is 0.298 e. The van der Waals surface area contributed by atoms with E-state index in [1.807, 2.05) is 18.2 Å². The molecule has 4 nitrogen and oxygen atoms in total. The molecule has 6 heteroatoms. The number of nitrogens with one attached hydrogen (secondary N) is 1. The van der Waals surface area contributed by atoms with Crippen molar-refractivity contribution in [1.29, 1.82) is 0 Å². The van der Waals surface area contributed by atoms with E-state index in [1.165, 1.54) is 17.4 Å². The van der Waals surface area contributed by atoms with E-state index >= 15 is 0 Å². The van der Waals surface area contributed by atoms with Gasteiger partial charge in [-0.15, -0.1) is 0 Å². The summed E-state index contributed by atoms with van der Waals surface area (Å²) in [5.74, 6) is 1.30. The lowest BCUT2D eigenvalue weighted by atomic mass is 9.92. The molecule has 1 aliphatic heterocycles. The third kappa shape index (κ3) is 3.33. The Morgan fingerprint density at radius 1 is 1.38 bits per heavy atom. The van der Waals surface area contributed by atoms with Crippen molar-refractivity contribution >= 4 is 33.1 Å². The second kappa shape index (κ2) is 6.51. The SMILES string of the molecule is CC1C2CN(CC=Cc3ccsc3)CC12c1cccc(NS(C)(=O)=O)c1. The Morgan fingerprint density at radius 3 is 2.96 bits per heavy atom. The van der Waals surface area contributed by atoms with Crippen molar-refractivity contribution in [3.05, 3.63) is 58.3 Å². The topological polar surface area (TPSA) is 49.4 Å². The van der Waals surface area contributed by atoms with E-state index in [2.05, 4.69) is 51.6 Å². The van der Waals surface area contributed by atoms with E-state index in [0.717, 1.165) is 19.6 Å². The molecule has 1 saturated carbocycles. The summed E-state index contributed by atoms with van der Waals surface area (Å²) in [5, 5.41) is 4.25. The Bertz CT molecular complexity index is 921. The van der Waals surface area contributed by atoms with Gasteiger partial charge in [-0.1, -0.05) is 31.2 Å². The minimum absolute atomic E-state index is 0.172. The average molecular weight is 389 g/mol. The quantitative estimate of drug-likeness (QED) is 0.822. The molecular weight excluding hydrogens is 364 g/mol. The first-order valence-corrected chi connectivity index (χ1v) is 11.7. The molecule has 1 aromatic carbocycles. The van der Waals surface area contributed by atoms with Crippen molar-refractivity contribution in [3.8, 4) is 0 Å². The smallest absolute Gasteiger partial charge is 0.229 e. The number of thiophene rings is 1. The molecule has 3 atom stereocenters. The Labute approximate surface area is 159 Å². The van der Waals surface area contributed by atoms with Crippen molar-refractivity contribution in [1.82, 2.24) is 4.90 Å². The van der Waals surface area contributed by atoms with Crippen LogP contribution in [0.5, 0.6) is 0 Å². The number of likely N-dealkylation sites (tertiary alicyclic amines) is 1. The van der Waals surface area contributed by atoms with Crippen molar-refractivity contribution in [2.24, 2.45) is 11.8 Å². The maximum absolute atomic E-state index is 11.5. The van der Waals surface area contributed by atoms with Gasteiger partial charge in [-0.2, -0.15) is 11.3 Å². The fourth-order valence-electron chi connectivity index (χ4n) is 4.52. The van der Waals surface area contributed by atoms with Crippen LogP contribution in [0.2, 0.25) is 0 Å². The number of piperidine rings is 1. The fraction of sp³-hybridized carbons (Fsp3) is 0.400. The lowest BCUT2D eigenvalue weighted by Gasteiger charge is -2.22. The van der Waals surface area contributed by atoms with Gasteiger partial charge in [0.2, 0.25) is 10.0 Å². The lowest BCUT2D eigenvalue weighted by Crippen LogP contribution is -2.29. The van der Waals surface area contributed by atoms with E-state index in [1.54, 1.807) is 11.3 Å². The number of anilines is 1. The first kappa shape index (κ1) is 17.8. The van der Waals surface area contributed by atoms with Crippen molar-refractivity contribution in [2.75, 3.05) is 30.6 Å². The number of benzene rings is 1. The average Bonchev–Trinajstić information content (AvgIpc) is 3.00. The first-order valence-electron chi connectivity index (χ1n) is 8.88. The molecule has 3 unspecified atom stereocenters. The van der Waals surface area contributed by atoms with Crippen LogP contribution in [-0.4, -0.2) is 39.2 Å². The third-order valence-electron chi connectivity index (χ3n) is 5.83. The Hall–Kier alpha value is -1.63. The number of hydrogen-bond donors (Lipinski definition) is 1. The highest BCUT2D eigenvalue weighted by molar-refractivity contribution is 7.92. The second-order valence-corrected chi connectivity index (χ2v) is 10.1. The van der Waals surface area contributed by atoms with Crippen LogP contribution in [0.3, 0.4) is 0 Å². The van der Waals surface area contributed by atoms with Crippen LogP contribution in [0.1, 0.15) is 18.1 Å². The van der Waals surface area contributed by atoms with E-state index in [9.17, 15) is 8.42 Å². The number of nitrogens with zero attached hydrogens (tertiary/aromatic N) is 1. The second-order valence-electron chi connectivity index (χ2n) is 7.54. The van der Waals surface area contributed by atoms with Crippen LogP contribution in [-0.2, 0) is 15.4 Å². The van der Waals surface area contributed by atoms with Crippen LogP contribution >= 0.6 is 11.3 Å². The summed E-state index contributed by atoms with van der Waals surface area (Å²) < 4.78 is 25.7. The highest BCUT2D eigenvalue weighted by atomic mass is 32.2. The predicted molar refractivity (Wildman–Crippen MR) is 109 cm³/mol. The molecule has 2 aromatic rings. The molecule has 4 rings (SSSR count). The molecule has 2 fully saturated rings. The standard InChI is InChI=1S/C20H24N2O2S2/c1-15-19-12-22(9-4-5-16-8-10-25-13-16)14-20(15,19)17-6-3-7-18(11-17)21-26(2,23)24/h3-8,10-11,13,15,19,21H,9,12,14H2,1-2H3. The highest BCUT2D eigenvalue weighted by Gasteiger charge is 2.66. The molecule has 1 saturated heterocycles. The van der Waals surface area contributed by atoms with Gasteiger partial charge in [-0.05, 0) is 51.9 Å². The van der Waals surface area contributed by atoms with Gasteiger partial charge in [0.05, 0.1) is 6.26 Å². The van der Waals surface area contributed by atoms with Crippen molar-refractivity contribution in [3.63, 3.8) is 0 Å². The Kier molecular flexibility index (Phi) is 4.45. The van der Waals surface area contributed by atoms with Crippen LogP contribution in [0.25, 0.3) is 6.08 Å². The molecule has 138 valence electrons. The van der Waals surface area contributed by atoms with Crippen molar-refractivity contribution in [2.45, 2.75) is 12.3 Å². The Balaban J connectivity index is 1.47. The summed E-state index contributed by atoms with van der Waals surface area (Å²) >= 11 is 1.72. The van der Waals surface area contributed by atoms with E-state index in [0.29, 0.717) is 17.5 Å². The zero-order valence-electron chi connectivity index (χ0n) is 15.1.